The monoisotopic (exact) mass is 404 g/mol. The highest BCUT2D eigenvalue weighted by atomic mass is 35.5. The molecule has 0 spiro atoms. The Morgan fingerprint density at radius 2 is 1.75 bits per heavy atom. The van der Waals surface area contributed by atoms with Gasteiger partial charge in [0.2, 0.25) is 0 Å². The highest BCUT2D eigenvalue weighted by Gasteiger charge is 2.10. The minimum atomic E-state index is -0.124. The first kappa shape index (κ1) is 18.4. The van der Waals surface area contributed by atoms with Gasteiger partial charge in [-0.25, -0.2) is 4.98 Å². The van der Waals surface area contributed by atoms with Crippen LogP contribution in [0, 0.1) is 6.92 Å². The minimum absolute atomic E-state index is 0.124. The van der Waals surface area contributed by atoms with Gasteiger partial charge in [-0.3, -0.25) is 4.79 Å². The predicted octanol–water partition coefficient (Wildman–Crippen LogP) is 6.69. The normalized spacial score (nSPS) is 10.6. The van der Waals surface area contributed by atoms with Crippen LogP contribution in [-0.2, 0) is 0 Å². The summed E-state index contributed by atoms with van der Waals surface area (Å²) in [6.07, 6.45) is 0. The second kappa shape index (κ2) is 7.97. The molecule has 1 aromatic heterocycles. The number of nitrogens with zero attached hydrogens (tertiary/aromatic N) is 1. The molecule has 4 aromatic rings. The van der Waals surface area contributed by atoms with Crippen LogP contribution >= 0.6 is 22.9 Å². The second-order valence-electron chi connectivity index (χ2n) is 6.45. The van der Waals surface area contributed by atoms with Crippen molar-refractivity contribution in [2.75, 3.05) is 5.32 Å². The lowest BCUT2D eigenvalue weighted by molar-refractivity contribution is 0.102. The molecule has 5 heteroatoms. The largest absolute Gasteiger partial charge is 0.322 e. The second-order valence-corrected chi connectivity index (χ2v) is 7.74. The van der Waals surface area contributed by atoms with E-state index in [0.29, 0.717) is 10.6 Å². The molecular formula is C23H17ClN2OS. The van der Waals surface area contributed by atoms with Crippen molar-refractivity contribution in [2.45, 2.75) is 6.92 Å². The number of rotatable bonds is 4. The molecule has 138 valence electrons. The van der Waals surface area contributed by atoms with E-state index in [1.807, 2.05) is 85.1 Å². The van der Waals surface area contributed by atoms with Gasteiger partial charge in [0.25, 0.3) is 5.91 Å². The van der Waals surface area contributed by atoms with Gasteiger partial charge in [0.1, 0.15) is 5.01 Å². The van der Waals surface area contributed by atoms with E-state index in [0.717, 1.165) is 33.1 Å². The van der Waals surface area contributed by atoms with Crippen molar-refractivity contribution in [3.8, 4) is 21.8 Å². The topological polar surface area (TPSA) is 42.0 Å². The molecule has 0 saturated carbocycles. The van der Waals surface area contributed by atoms with Gasteiger partial charge in [-0.15, -0.1) is 11.3 Å². The van der Waals surface area contributed by atoms with Crippen LogP contribution in [0.1, 0.15) is 15.9 Å². The molecule has 4 rings (SSSR count). The minimum Gasteiger partial charge on any atom is -0.322 e. The number of hydrogen-bond acceptors (Lipinski definition) is 3. The van der Waals surface area contributed by atoms with E-state index >= 15 is 0 Å². The number of hydrogen-bond donors (Lipinski definition) is 1. The third kappa shape index (κ3) is 4.14. The number of carbonyl (C=O) groups excluding carboxylic acids is 1. The number of amides is 1. The van der Waals surface area contributed by atoms with Crippen molar-refractivity contribution in [3.05, 3.63) is 94.3 Å². The Bertz CT molecular complexity index is 1140. The molecule has 0 unspecified atom stereocenters. The van der Waals surface area contributed by atoms with Crippen LogP contribution in [0.4, 0.5) is 5.69 Å². The molecule has 1 heterocycles. The zero-order valence-electron chi connectivity index (χ0n) is 15.1. The Labute approximate surface area is 172 Å². The molecule has 0 aliphatic rings. The van der Waals surface area contributed by atoms with Gasteiger partial charge >= 0.3 is 0 Å². The summed E-state index contributed by atoms with van der Waals surface area (Å²) in [5.41, 5.74) is 5.30. The van der Waals surface area contributed by atoms with Crippen LogP contribution in [0.2, 0.25) is 5.02 Å². The first-order chi connectivity index (χ1) is 13.6. The summed E-state index contributed by atoms with van der Waals surface area (Å²) in [5.74, 6) is -0.124. The van der Waals surface area contributed by atoms with Crippen molar-refractivity contribution in [2.24, 2.45) is 0 Å². The van der Waals surface area contributed by atoms with Crippen LogP contribution in [-0.4, -0.2) is 10.9 Å². The van der Waals surface area contributed by atoms with Crippen molar-refractivity contribution < 1.29 is 4.79 Å². The molecule has 0 aliphatic heterocycles. The van der Waals surface area contributed by atoms with Crippen LogP contribution < -0.4 is 5.32 Å². The molecule has 0 atom stereocenters. The standard InChI is InChI=1S/C23H17ClN2OS/c1-15-4-2-6-18(12-15)22(27)25-20-7-3-5-17(13-20)21-14-28-23(26-21)16-8-10-19(24)11-9-16/h2-14H,1H3,(H,25,27). The maximum absolute atomic E-state index is 12.5. The van der Waals surface area contributed by atoms with Crippen LogP contribution in [0.25, 0.3) is 21.8 Å². The summed E-state index contributed by atoms with van der Waals surface area (Å²) in [5, 5.41) is 6.62. The average Bonchev–Trinajstić information content (AvgIpc) is 3.19. The van der Waals surface area contributed by atoms with Crippen LogP contribution in [0.5, 0.6) is 0 Å². The van der Waals surface area contributed by atoms with Crippen LogP contribution in [0.3, 0.4) is 0 Å². The van der Waals surface area contributed by atoms with Crippen molar-refractivity contribution in [1.29, 1.82) is 0 Å². The maximum Gasteiger partial charge on any atom is 0.255 e. The Morgan fingerprint density at radius 3 is 2.54 bits per heavy atom. The van der Waals surface area contributed by atoms with Gasteiger partial charge in [-0.2, -0.15) is 0 Å². The lowest BCUT2D eigenvalue weighted by Crippen LogP contribution is -2.11. The first-order valence-corrected chi connectivity index (χ1v) is 10.0. The Morgan fingerprint density at radius 1 is 0.964 bits per heavy atom. The van der Waals surface area contributed by atoms with E-state index in [9.17, 15) is 4.79 Å². The lowest BCUT2D eigenvalue weighted by Gasteiger charge is -2.07. The van der Waals surface area contributed by atoms with E-state index in [1.165, 1.54) is 0 Å². The smallest absolute Gasteiger partial charge is 0.255 e. The van der Waals surface area contributed by atoms with E-state index in [2.05, 4.69) is 5.32 Å². The van der Waals surface area contributed by atoms with Crippen molar-refractivity contribution in [1.82, 2.24) is 4.98 Å². The molecule has 0 aliphatic carbocycles. The summed E-state index contributed by atoms with van der Waals surface area (Å²) in [6, 6.07) is 22.9. The fourth-order valence-corrected chi connectivity index (χ4v) is 3.84. The molecule has 3 nitrogen and oxygen atoms in total. The SMILES string of the molecule is Cc1cccc(C(=O)Nc2cccc(-c3csc(-c4ccc(Cl)cc4)n3)c2)c1. The molecule has 0 fully saturated rings. The predicted molar refractivity (Wildman–Crippen MR) is 117 cm³/mol. The first-order valence-electron chi connectivity index (χ1n) is 8.78. The van der Waals surface area contributed by atoms with Gasteiger partial charge in [-0.1, -0.05) is 53.6 Å². The summed E-state index contributed by atoms with van der Waals surface area (Å²) in [7, 11) is 0. The summed E-state index contributed by atoms with van der Waals surface area (Å²) in [4.78, 5) is 17.2. The quantitative estimate of drug-likeness (QED) is 0.411. The fourth-order valence-electron chi connectivity index (χ4n) is 2.88. The number of thiazole rings is 1. The summed E-state index contributed by atoms with van der Waals surface area (Å²) in [6.45, 7) is 1.97. The van der Waals surface area contributed by atoms with E-state index in [1.54, 1.807) is 11.3 Å². The number of anilines is 1. The zero-order valence-corrected chi connectivity index (χ0v) is 16.7. The summed E-state index contributed by atoms with van der Waals surface area (Å²) >= 11 is 7.54. The average molecular weight is 405 g/mol. The summed E-state index contributed by atoms with van der Waals surface area (Å²) < 4.78 is 0. The third-order valence-electron chi connectivity index (χ3n) is 4.29. The maximum atomic E-state index is 12.5. The molecule has 0 radical (unpaired) electrons. The zero-order chi connectivity index (χ0) is 19.5. The van der Waals surface area contributed by atoms with E-state index in [4.69, 9.17) is 16.6 Å². The number of carbonyl (C=O) groups is 1. The van der Waals surface area contributed by atoms with Crippen molar-refractivity contribution in [3.63, 3.8) is 0 Å². The number of benzene rings is 3. The van der Waals surface area contributed by atoms with Gasteiger partial charge in [0.15, 0.2) is 0 Å². The molecule has 1 N–H and O–H groups in total. The third-order valence-corrected chi connectivity index (χ3v) is 5.44. The number of nitrogens with one attached hydrogen (secondary N) is 1. The van der Waals surface area contributed by atoms with Crippen LogP contribution in [0.15, 0.2) is 78.2 Å². The Kier molecular flexibility index (Phi) is 5.24. The molecular weight excluding hydrogens is 388 g/mol. The fraction of sp³-hybridized carbons (Fsp3) is 0.0435. The molecule has 28 heavy (non-hydrogen) atoms. The Hall–Kier alpha value is -2.95. The lowest BCUT2D eigenvalue weighted by atomic mass is 10.1. The number of aromatic nitrogens is 1. The van der Waals surface area contributed by atoms with Gasteiger partial charge < -0.3 is 5.32 Å². The van der Waals surface area contributed by atoms with Gasteiger partial charge in [0, 0.05) is 32.8 Å². The highest BCUT2D eigenvalue weighted by Crippen LogP contribution is 2.30. The van der Waals surface area contributed by atoms with E-state index < -0.39 is 0 Å². The number of halogens is 1. The Balaban J connectivity index is 1.56. The number of aryl methyl sites for hydroxylation is 1. The molecule has 0 bridgehead atoms. The highest BCUT2D eigenvalue weighted by molar-refractivity contribution is 7.13. The molecule has 3 aromatic carbocycles. The molecule has 0 saturated heterocycles. The van der Waals surface area contributed by atoms with E-state index in [-0.39, 0.29) is 5.91 Å². The molecule has 1 amide bonds. The van der Waals surface area contributed by atoms with Gasteiger partial charge in [-0.05, 0) is 43.3 Å². The van der Waals surface area contributed by atoms with Gasteiger partial charge in [0.05, 0.1) is 5.69 Å². The van der Waals surface area contributed by atoms with Crippen molar-refractivity contribution >= 4 is 34.5 Å².